The van der Waals surface area contributed by atoms with Gasteiger partial charge in [0, 0.05) is 16.5 Å². The van der Waals surface area contributed by atoms with Crippen molar-refractivity contribution in [2.75, 3.05) is 18.6 Å². The summed E-state index contributed by atoms with van der Waals surface area (Å²) in [4.78, 5) is 0.0248. The average Bonchev–Trinajstić information content (AvgIpc) is 3.11. The maximum atomic E-state index is 12.5. The Labute approximate surface area is 168 Å². The quantitative estimate of drug-likeness (QED) is 0.536. The molecule has 1 heterocycles. The van der Waals surface area contributed by atoms with Crippen LogP contribution in [0.1, 0.15) is 10.1 Å². The van der Waals surface area contributed by atoms with E-state index in [0.717, 1.165) is 17.1 Å². The van der Waals surface area contributed by atoms with E-state index in [0.29, 0.717) is 19.8 Å². The van der Waals surface area contributed by atoms with E-state index in [-0.39, 0.29) is 10.6 Å². The first kappa shape index (κ1) is 19.2. The summed E-state index contributed by atoms with van der Waals surface area (Å²) >= 11 is 12.9. The molecule has 9 heteroatoms. The van der Waals surface area contributed by atoms with E-state index in [1.54, 1.807) is 0 Å². The summed E-state index contributed by atoms with van der Waals surface area (Å²) in [6.07, 6.45) is 0. The van der Waals surface area contributed by atoms with Gasteiger partial charge in [0.15, 0.2) is 11.5 Å². The highest BCUT2D eigenvalue weighted by atomic mass is 79.9. The van der Waals surface area contributed by atoms with Crippen LogP contribution in [-0.4, -0.2) is 27.0 Å². The lowest BCUT2D eigenvalue weighted by molar-refractivity contribution is 0.389. The third-order valence-electron chi connectivity index (χ3n) is 3.44. The Morgan fingerprint density at radius 2 is 1.80 bits per heavy atom. The van der Waals surface area contributed by atoms with E-state index in [1.165, 1.54) is 31.4 Å². The van der Waals surface area contributed by atoms with Crippen molar-refractivity contribution >= 4 is 61.2 Å². The van der Waals surface area contributed by atoms with Gasteiger partial charge in [-0.1, -0.05) is 11.6 Å². The summed E-state index contributed by atoms with van der Waals surface area (Å²) in [5.41, 5.74) is 1.06. The number of benzene rings is 2. The molecule has 25 heavy (non-hydrogen) atoms. The van der Waals surface area contributed by atoms with Crippen LogP contribution in [0.5, 0.6) is 11.5 Å². The van der Waals surface area contributed by atoms with Crippen LogP contribution in [0.15, 0.2) is 45.8 Å². The van der Waals surface area contributed by atoms with Gasteiger partial charge in [-0.2, -0.15) is 8.42 Å². The van der Waals surface area contributed by atoms with Crippen LogP contribution in [-0.2, 0) is 10.1 Å². The normalized spacial score (nSPS) is 15.3. The highest BCUT2D eigenvalue weighted by Gasteiger charge is 2.25. The molecule has 2 aromatic carbocycles. The highest BCUT2D eigenvalue weighted by Crippen LogP contribution is 2.49. The molecule has 3 rings (SSSR count). The fraction of sp³-hybridized carbons (Fsp3) is 0.250. The zero-order chi connectivity index (χ0) is 18.0. The largest absolute Gasteiger partial charge is 0.493 e. The molecule has 4 nitrogen and oxygen atoms in total. The van der Waals surface area contributed by atoms with E-state index < -0.39 is 10.1 Å². The summed E-state index contributed by atoms with van der Waals surface area (Å²) in [6.45, 7) is 0. The van der Waals surface area contributed by atoms with Gasteiger partial charge in [0.05, 0.1) is 16.2 Å². The number of rotatable bonds is 5. The smallest absolute Gasteiger partial charge is 0.339 e. The number of ether oxygens (including phenoxy) is 1. The van der Waals surface area contributed by atoms with Crippen LogP contribution >= 0.6 is 51.1 Å². The van der Waals surface area contributed by atoms with Gasteiger partial charge in [-0.15, -0.1) is 23.5 Å². The van der Waals surface area contributed by atoms with Crippen LogP contribution in [0.4, 0.5) is 0 Å². The third-order valence-corrected chi connectivity index (χ3v) is 8.62. The van der Waals surface area contributed by atoms with Crippen LogP contribution in [0, 0.1) is 0 Å². The highest BCUT2D eigenvalue weighted by molar-refractivity contribution is 9.10. The molecule has 0 amide bonds. The van der Waals surface area contributed by atoms with Gasteiger partial charge in [0.2, 0.25) is 0 Å². The number of halogens is 2. The lowest BCUT2D eigenvalue weighted by Gasteiger charge is -2.16. The zero-order valence-corrected chi connectivity index (χ0v) is 17.9. The molecule has 1 aliphatic heterocycles. The van der Waals surface area contributed by atoms with Crippen LogP contribution in [0.3, 0.4) is 0 Å². The minimum Gasteiger partial charge on any atom is -0.493 e. The number of hydrogen-bond acceptors (Lipinski definition) is 6. The zero-order valence-electron chi connectivity index (χ0n) is 13.1. The molecule has 1 aliphatic rings. The summed E-state index contributed by atoms with van der Waals surface area (Å²) in [6, 6.07) is 9.51. The molecule has 0 N–H and O–H groups in total. The first-order valence-corrected chi connectivity index (χ1v) is 11.9. The molecular weight excluding hydrogens is 468 g/mol. The number of thioether (sulfide) groups is 2. The Morgan fingerprint density at radius 1 is 1.16 bits per heavy atom. The molecule has 0 saturated carbocycles. The van der Waals surface area contributed by atoms with Crippen molar-refractivity contribution in [1.29, 1.82) is 0 Å². The second kappa shape index (κ2) is 8.00. The van der Waals surface area contributed by atoms with Crippen molar-refractivity contribution in [2.45, 2.75) is 9.48 Å². The van der Waals surface area contributed by atoms with E-state index >= 15 is 0 Å². The molecule has 0 spiro atoms. The van der Waals surface area contributed by atoms with Crippen molar-refractivity contribution in [3.63, 3.8) is 0 Å². The molecule has 134 valence electrons. The summed E-state index contributed by atoms with van der Waals surface area (Å²) in [7, 11) is -2.51. The minimum atomic E-state index is -4.00. The molecule has 2 aromatic rings. The fourth-order valence-corrected chi connectivity index (χ4v) is 6.81. The molecule has 0 unspecified atom stereocenters. The second-order valence-electron chi connectivity index (χ2n) is 5.10. The molecule has 0 bridgehead atoms. The molecule has 0 atom stereocenters. The van der Waals surface area contributed by atoms with Gasteiger partial charge in [0.25, 0.3) is 0 Å². The standard InChI is InChI=1S/C16H14BrClO4S3/c1-21-14-9-10(16-23-6-7-24-16)8-13(17)15(14)22-25(19,20)12-4-2-11(18)3-5-12/h2-5,8-9,16H,6-7H2,1H3. The Hall–Kier alpha value is -0.540. The van der Waals surface area contributed by atoms with Crippen molar-refractivity contribution in [1.82, 2.24) is 0 Å². The van der Waals surface area contributed by atoms with E-state index in [9.17, 15) is 8.42 Å². The van der Waals surface area contributed by atoms with Crippen LogP contribution in [0.2, 0.25) is 5.02 Å². The van der Waals surface area contributed by atoms with Gasteiger partial charge < -0.3 is 8.92 Å². The van der Waals surface area contributed by atoms with E-state index in [1.807, 2.05) is 35.7 Å². The molecular formula is C16H14BrClO4S3. The monoisotopic (exact) mass is 480 g/mol. The Balaban J connectivity index is 1.94. The molecule has 0 radical (unpaired) electrons. The summed E-state index contributed by atoms with van der Waals surface area (Å²) in [5, 5.41) is 0.452. The SMILES string of the molecule is COc1cc(C2SCCS2)cc(Br)c1OS(=O)(=O)c1ccc(Cl)cc1. The molecule has 1 fully saturated rings. The van der Waals surface area contributed by atoms with Crippen molar-refractivity contribution in [2.24, 2.45) is 0 Å². The van der Waals surface area contributed by atoms with Crippen LogP contribution in [0.25, 0.3) is 0 Å². The first-order valence-electron chi connectivity index (χ1n) is 7.21. The fourth-order valence-electron chi connectivity index (χ4n) is 2.27. The number of methoxy groups -OCH3 is 1. The van der Waals surface area contributed by atoms with Crippen molar-refractivity contribution < 1.29 is 17.3 Å². The lowest BCUT2D eigenvalue weighted by Crippen LogP contribution is -2.11. The predicted molar refractivity (Wildman–Crippen MR) is 108 cm³/mol. The Kier molecular flexibility index (Phi) is 6.15. The Morgan fingerprint density at radius 3 is 2.40 bits per heavy atom. The van der Waals surface area contributed by atoms with Gasteiger partial charge in [0.1, 0.15) is 4.90 Å². The van der Waals surface area contributed by atoms with Gasteiger partial charge in [-0.05, 0) is 57.9 Å². The molecule has 0 aliphatic carbocycles. The Bertz CT molecular complexity index is 866. The molecule has 1 saturated heterocycles. The summed E-state index contributed by atoms with van der Waals surface area (Å²) in [5.74, 6) is 2.70. The van der Waals surface area contributed by atoms with Crippen LogP contribution < -0.4 is 8.92 Å². The topological polar surface area (TPSA) is 52.6 Å². The molecule has 0 aromatic heterocycles. The second-order valence-corrected chi connectivity index (χ2v) is 10.7. The van der Waals surface area contributed by atoms with Gasteiger partial charge in [-0.25, -0.2) is 0 Å². The third kappa shape index (κ3) is 4.42. The van der Waals surface area contributed by atoms with Gasteiger partial charge >= 0.3 is 10.1 Å². The van der Waals surface area contributed by atoms with Gasteiger partial charge in [-0.3, -0.25) is 0 Å². The summed E-state index contributed by atoms with van der Waals surface area (Å²) < 4.78 is 36.6. The maximum Gasteiger partial charge on any atom is 0.339 e. The first-order chi connectivity index (χ1) is 11.9. The van der Waals surface area contributed by atoms with Crippen molar-refractivity contribution in [3.8, 4) is 11.5 Å². The maximum absolute atomic E-state index is 12.5. The van der Waals surface area contributed by atoms with E-state index in [4.69, 9.17) is 20.5 Å². The minimum absolute atomic E-state index is 0.0248. The predicted octanol–water partition coefficient (Wildman–Crippen LogP) is 5.36. The van der Waals surface area contributed by atoms with Crippen molar-refractivity contribution in [3.05, 3.63) is 51.5 Å². The average molecular weight is 482 g/mol. The van der Waals surface area contributed by atoms with E-state index in [2.05, 4.69) is 15.9 Å². The lowest BCUT2D eigenvalue weighted by atomic mass is 10.2. The number of hydrogen-bond donors (Lipinski definition) is 0.